The van der Waals surface area contributed by atoms with Crippen LogP contribution in [-0.4, -0.2) is 44.5 Å². The summed E-state index contributed by atoms with van der Waals surface area (Å²) < 4.78 is 5.46. The van der Waals surface area contributed by atoms with Gasteiger partial charge in [-0.2, -0.15) is 0 Å². The molecule has 26 heavy (non-hydrogen) atoms. The molecule has 1 aliphatic heterocycles. The first-order valence-electron chi connectivity index (χ1n) is 9.16. The summed E-state index contributed by atoms with van der Waals surface area (Å²) in [7, 11) is 0. The van der Waals surface area contributed by atoms with E-state index in [1.807, 2.05) is 30.3 Å². The molecule has 0 aliphatic carbocycles. The summed E-state index contributed by atoms with van der Waals surface area (Å²) >= 11 is 1.58. The molecule has 2 aromatic carbocycles. The smallest absolute Gasteiger partial charge is 0.231 e. The molecule has 0 spiro atoms. The Labute approximate surface area is 159 Å². The van der Waals surface area contributed by atoms with E-state index in [-0.39, 0.29) is 11.9 Å². The van der Waals surface area contributed by atoms with Crippen LogP contribution in [0.25, 0.3) is 0 Å². The van der Waals surface area contributed by atoms with Crippen molar-refractivity contribution in [2.24, 2.45) is 0 Å². The highest BCUT2D eigenvalue weighted by Crippen LogP contribution is 2.18. The summed E-state index contributed by atoms with van der Waals surface area (Å²) in [5, 5.41) is 3.25. The molecule has 138 valence electrons. The molecule has 0 bridgehead atoms. The zero-order chi connectivity index (χ0) is 18.2. The first-order valence-corrected chi connectivity index (χ1v) is 10.1. The summed E-state index contributed by atoms with van der Waals surface area (Å²) in [6, 6.07) is 18.6. The van der Waals surface area contributed by atoms with Crippen LogP contribution in [0, 0.1) is 6.92 Å². The summed E-state index contributed by atoms with van der Waals surface area (Å²) in [5.74, 6) is 0.516. The molecule has 0 saturated carbocycles. The Bertz CT molecular complexity index is 685. The van der Waals surface area contributed by atoms with Crippen LogP contribution in [0.3, 0.4) is 0 Å². The molecule has 5 heteroatoms. The molecular weight excluding hydrogens is 344 g/mol. The number of amides is 1. The lowest BCUT2D eigenvalue weighted by atomic mass is 10.0. The maximum absolute atomic E-state index is 12.5. The predicted molar refractivity (Wildman–Crippen MR) is 106 cm³/mol. The zero-order valence-corrected chi connectivity index (χ0v) is 16.1. The van der Waals surface area contributed by atoms with E-state index in [0.717, 1.165) is 37.7 Å². The van der Waals surface area contributed by atoms with Gasteiger partial charge in [0.25, 0.3) is 0 Å². The van der Waals surface area contributed by atoms with Gasteiger partial charge < -0.3 is 15.0 Å². The molecule has 2 aromatic rings. The second-order valence-electron chi connectivity index (χ2n) is 6.70. The van der Waals surface area contributed by atoms with Gasteiger partial charge in [-0.3, -0.25) is 4.79 Å². The number of carbonyl (C=O) groups is 1. The third-order valence-electron chi connectivity index (χ3n) is 4.62. The van der Waals surface area contributed by atoms with E-state index in [1.54, 1.807) is 11.8 Å². The average molecular weight is 372 g/mol. The van der Waals surface area contributed by atoms with E-state index in [0.29, 0.717) is 5.75 Å². The molecule has 4 nitrogen and oxygen atoms in total. The maximum atomic E-state index is 12.5. The summed E-state index contributed by atoms with van der Waals surface area (Å²) in [5.41, 5.74) is 2.41. The summed E-state index contributed by atoms with van der Waals surface area (Å²) in [6.07, 6.45) is 0. The third kappa shape index (κ3) is 5.87. The molecule has 1 amide bonds. The van der Waals surface area contributed by atoms with Gasteiger partial charge in [-0.25, -0.2) is 0 Å². The Hall–Kier alpha value is -1.82. The predicted octanol–water partition coefficient (Wildman–Crippen LogP) is 1.86. The topological polar surface area (TPSA) is 42.8 Å². The van der Waals surface area contributed by atoms with E-state index in [2.05, 4.69) is 36.5 Å². The quantitative estimate of drug-likeness (QED) is 0.730. The number of morpholine rings is 1. The molecule has 2 N–H and O–H groups in total. The highest BCUT2D eigenvalue weighted by Gasteiger charge is 2.23. The number of nitrogens with one attached hydrogen (secondary N) is 2. The number of hydrogen-bond donors (Lipinski definition) is 2. The first kappa shape index (κ1) is 19.0. The Balaban J connectivity index is 1.62. The standard InChI is InChI=1S/C21H26N2O2S/c1-17-7-9-18(10-8-17)20(15-23-11-13-25-14-12-23)22-21(24)16-26-19-5-3-2-4-6-19/h2-10,20H,11-16H2,1H3,(H,22,24)/p+1/t20-/m1/s1. The van der Waals surface area contributed by atoms with Crippen LogP contribution in [0.15, 0.2) is 59.5 Å². The second-order valence-corrected chi connectivity index (χ2v) is 7.75. The van der Waals surface area contributed by atoms with Crippen LogP contribution in [0.5, 0.6) is 0 Å². The molecule has 0 aromatic heterocycles. The van der Waals surface area contributed by atoms with Gasteiger partial charge in [0, 0.05) is 4.90 Å². The Morgan fingerprint density at radius 2 is 1.81 bits per heavy atom. The molecule has 1 saturated heterocycles. The van der Waals surface area contributed by atoms with Crippen molar-refractivity contribution in [3.63, 3.8) is 0 Å². The van der Waals surface area contributed by atoms with Gasteiger partial charge in [0.15, 0.2) is 0 Å². The van der Waals surface area contributed by atoms with Crippen molar-refractivity contribution in [2.45, 2.75) is 17.9 Å². The van der Waals surface area contributed by atoms with E-state index in [1.165, 1.54) is 16.0 Å². The van der Waals surface area contributed by atoms with E-state index in [4.69, 9.17) is 4.74 Å². The monoisotopic (exact) mass is 371 g/mol. The normalized spacial score (nSPS) is 16.2. The molecule has 1 atom stereocenters. The molecule has 1 aliphatic rings. The van der Waals surface area contributed by atoms with Crippen molar-refractivity contribution < 1.29 is 14.4 Å². The Morgan fingerprint density at radius 3 is 2.50 bits per heavy atom. The third-order valence-corrected chi connectivity index (χ3v) is 5.63. The first-order chi connectivity index (χ1) is 12.7. The lowest BCUT2D eigenvalue weighted by Gasteiger charge is -2.28. The SMILES string of the molecule is Cc1ccc([C@@H](C[NH+]2CCOCC2)NC(=O)CSc2ccccc2)cc1. The fraction of sp³-hybridized carbons (Fsp3) is 0.381. The van der Waals surface area contributed by atoms with E-state index < -0.39 is 0 Å². The van der Waals surface area contributed by atoms with Gasteiger partial charge in [0.1, 0.15) is 25.7 Å². The zero-order valence-electron chi connectivity index (χ0n) is 15.2. The second kappa shape index (κ2) is 9.76. The fourth-order valence-corrected chi connectivity index (χ4v) is 3.84. The lowest BCUT2D eigenvalue weighted by Crippen LogP contribution is -3.14. The highest BCUT2D eigenvalue weighted by molar-refractivity contribution is 8.00. The van der Waals surface area contributed by atoms with Crippen molar-refractivity contribution in [1.82, 2.24) is 5.32 Å². The van der Waals surface area contributed by atoms with E-state index in [9.17, 15) is 4.79 Å². The van der Waals surface area contributed by atoms with Crippen molar-refractivity contribution in [3.8, 4) is 0 Å². The Morgan fingerprint density at radius 1 is 1.12 bits per heavy atom. The maximum Gasteiger partial charge on any atom is 0.231 e. The number of benzene rings is 2. The molecule has 0 radical (unpaired) electrons. The lowest BCUT2D eigenvalue weighted by molar-refractivity contribution is -0.909. The van der Waals surface area contributed by atoms with Gasteiger partial charge in [-0.1, -0.05) is 48.0 Å². The largest absolute Gasteiger partial charge is 0.370 e. The Kier molecular flexibility index (Phi) is 7.12. The van der Waals surface area contributed by atoms with Gasteiger partial charge >= 0.3 is 0 Å². The molecule has 3 rings (SSSR count). The number of rotatable bonds is 7. The number of quaternary nitrogens is 1. The highest BCUT2D eigenvalue weighted by atomic mass is 32.2. The number of aryl methyl sites for hydroxylation is 1. The van der Waals surface area contributed by atoms with Gasteiger partial charge in [0.05, 0.1) is 19.0 Å². The van der Waals surface area contributed by atoms with Crippen LogP contribution >= 0.6 is 11.8 Å². The van der Waals surface area contributed by atoms with Crippen LogP contribution in [0.2, 0.25) is 0 Å². The van der Waals surface area contributed by atoms with Crippen molar-refractivity contribution in [3.05, 3.63) is 65.7 Å². The molecule has 0 unspecified atom stereocenters. The van der Waals surface area contributed by atoms with Crippen molar-refractivity contribution in [1.29, 1.82) is 0 Å². The van der Waals surface area contributed by atoms with Crippen LogP contribution in [0.4, 0.5) is 0 Å². The van der Waals surface area contributed by atoms with Gasteiger partial charge in [-0.15, -0.1) is 11.8 Å². The summed E-state index contributed by atoms with van der Waals surface area (Å²) in [4.78, 5) is 15.1. The molecule has 1 heterocycles. The van der Waals surface area contributed by atoms with Gasteiger partial charge in [-0.05, 0) is 24.6 Å². The number of ether oxygens (including phenoxy) is 1. The average Bonchev–Trinajstić information content (AvgIpc) is 2.68. The minimum atomic E-state index is 0.0348. The van der Waals surface area contributed by atoms with Crippen LogP contribution < -0.4 is 10.2 Å². The fourth-order valence-electron chi connectivity index (χ4n) is 3.11. The number of hydrogen-bond acceptors (Lipinski definition) is 3. The van der Waals surface area contributed by atoms with Crippen molar-refractivity contribution >= 4 is 17.7 Å². The molecular formula is C21H27N2O2S+. The summed E-state index contributed by atoms with van der Waals surface area (Å²) in [6.45, 7) is 6.57. The number of thioether (sulfide) groups is 1. The van der Waals surface area contributed by atoms with Gasteiger partial charge in [0.2, 0.25) is 5.91 Å². The minimum absolute atomic E-state index is 0.0348. The number of carbonyl (C=O) groups excluding carboxylic acids is 1. The van der Waals surface area contributed by atoms with E-state index >= 15 is 0 Å². The van der Waals surface area contributed by atoms with Crippen LogP contribution in [-0.2, 0) is 9.53 Å². The minimum Gasteiger partial charge on any atom is -0.370 e. The molecule has 1 fully saturated rings. The van der Waals surface area contributed by atoms with Crippen LogP contribution in [0.1, 0.15) is 17.2 Å². The van der Waals surface area contributed by atoms with Crippen molar-refractivity contribution in [2.75, 3.05) is 38.6 Å².